The molecule has 2 fully saturated rings. The van der Waals surface area contributed by atoms with Crippen molar-refractivity contribution in [2.24, 2.45) is 5.92 Å². The number of nitrogens with zero attached hydrogens (tertiary/aromatic N) is 3. The van der Waals surface area contributed by atoms with Gasteiger partial charge in [-0.05, 0) is 30.9 Å². The van der Waals surface area contributed by atoms with E-state index in [1.807, 2.05) is 0 Å². The predicted octanol–water partition coefficient (Wildman–Crippen LogP) is 0.380. The van der Waals surface area contributed by atoms with Crippen LogP contribution in [0.25, 0.3) is 0 Å². The van der Waals surface area contributed by atoms with Gasteiger partial charge in [0.1, 0.15) is 0 Å². The molecule has 2 aliphatic rings. The first kappa shape index (κ1) is 13.8. The van der Waals surface area contributed by atoms with E-state index in [1.165, 1.54) is 23.3 Å². The Morgan fingerprint density at radius 1 is 1.25 bits per heavy atom. The quantitative estimate of drug-likeness (QED) is 0.869. The largest absolute Gasteiger partial charge is 0.396 e. The maximum atomic E-state index is 12.5. The van der Waals surface area contributed by atoms with E-state index in [1.54, 1.807) is 12.1 Å². The molecule has 20 heavy (non-hydrogen) atoms. The van der Waals surface area contributed by atoms with E-state index in [0.717, 1.165) is 25.6 Å². The van der Waals surface area contributed by atoms with Crippen molar-refractivity contribution in [3.8, 4) is 0 Å². The minimum absolute atomic E-state index is 0.0179. The van der Waals surface area contributed by atoms with Gasteiger partial charge in [0.2, 0.25) is 0 Å². The van der Waals surface area contributed by atoms with Crippen LogP contribution in [-0.4, -0.2) is 55.3 Å². The van der Waals surface area contributed by atoms with Gasteiger partial charge < -0.3 is 10.6 Å². The SMILES string of the molecule is Nc1cccnc1S(=O)(=O)N1CCN(CC2CC2)CC1. The molecule has 1 aliphatic heterocycles. The van der Waals surface area contributed by atoms with Crippen molar-refractivity contribution in [1.29, 1.82) is 0 Å². The number of sulfonamides is 1. The molecule has 0 bridgehead atoms. The van der Waals surface area contributed by atoms with Crippen LogP contribution in [0.1, 0.15) is 12.8 Å². The molecule has 7 heteroatoms. The van der Waals surface area contributed by atoms with Crippen LogP contribution in [0.5, 0.6) is 0 Å². The van der Waals surface area contributed by atoms with Crippen LogP contribution in [0.15, 0.2) is 23.4 Å². The summed E-state index contributed by atoms with van der Waals surface area (Å²) in [4.78, 5) is 6.29. The van der Waals surface area contributed by atoms with Gasteiger partial charge in [-0.15, -0.1) is 0 Å². The first-order chi connectivity index (χ1) is 9.57. The second kappa shape index (κ2) is 5.31. The van der Waals surface area contributed by atoms with Gasteiger partial charge in [-0.3, -0.25) is 0 Å². The molecule has 2 N–H and O–H groups in total. The number of nitrogen functional groups attached to an aromatic ring is 1. The van der Waals surface area contributed by atoms with Gasteiger partial charge in [-0.1, -0.05) is 0 Å². The lowest BCUT2D eigenvalue weighted by atomic mass is 10.3. The lowest BCUT2D eigenvalue weighted by Crippen LogP contribution is -2.49. The Bertz CT molecular complexity index is 578. The molecular formula is C13H20N4O2S. The van der Waals surface area contributed by atoms with Crippen molar-refractivity contribution < 1.29 is 8.42 Å². The first-order valence-corrected chi connectivity index (χ1v) is 8.44. The number of rotatable bonds is 4. The summed E-state index contributed by atoms with van der Waals surface area (Å²) in [5.74, 6) is 0.838. The minimum atomic E-state index is -3.56. The number of nitrogens with two attached hydrogens (primary N) is 1. The summed E-state index contributed by atoms with van der Waals surface area (Å²) >= 11 is 0. The van der Waals surface area contributed by atoms with Crippen LogP contribution >= 0.6 is 0 Å². The molecular weight excluding hydrogens is 276 g/mol. The van der Waals surface area contributed by atoms with Gasteiger partial charge in [-0.25, -0.2) is 13.4 Å². The number of hydrogen-bond donors (Lipinski definition) is 1. The minimum Gasteiger partial charge on any atom is -0.396 e. The molecule has 1 aliphatic carbocycles. The van der Waals surface area contributed by atoms with Gasteiger partial charge in [0.05, 0.1) is 5.69 Å². The Balaban J connectivity index is 1.68. The number of aromatic nitrogens is 1. The molecule has 0 atom stereocenters. The summed E-state index contributed by atoms with van der Waals surface area (Å²) in [6.07, 6.45) is 4.11. The van der Waals surface area contributed by atoms with Gasteiger partial charge in [0, 0.05) is 38.9 Å². The lowest BCUT2D eigenvalue weighted by Gasteiger charge is -2.33. The summed E-state index contributed by atoms with van der Waals surface area (Å²) < 4.78 is 26.5. The smallest absolute Gasteiger partial charge is 0.262 e. The van der Waals surface area contributed by atoms with E-state index in [4.69, 9.17) is 5.73 Å². The van der Waals surface area contributed by atoms with E-state index in [-0.39, 0.29) is 10.7 Å². The molecule has 0 amide bonds. The maximum absolute atomic E-state index is 12.5. The van der Waals surface area contributed by atoms with Crippen molar-refractivity contribution in [3.63, 3.8) is 0 Å². The molecule has 110 valence electrons. The Morgan fingerprint density at radius 3 is 2.55 bits per heavy atom. The van der Waals surface area contributed by atoms with Crippen molar-refractivity contribution >= 4 is 15.7 Å². The third kappa shape index (κ3) is 2.79. The fraction of sp³-hybridized carbons (Fsp3) is 0.615. The number of anilines is 1. The van der Waals surface area contributed by atoms with E-state index in [9.17, 15) is 8.42 Å². The van der Waals surface area contributed by atoms with Crippen LogP contribution in [0.4, 0.5) is 5.69 Å². The van der Waals surface area contributed by atoms with E-state index in [0.29, 0.717) is 13.1 Å². The van der Waals surface area contributed by atoms with Crippen molar-refractivity contribution in [3.05, 3.63) is 18.3 Å². The number of pyridine rings is 1. The van der Waals surface area contributed by atoms with Gasteiger partial charge in [0.15, 0.2) is 5.03 Å². The Hall–Kier alpha value is -1.18. The normalized spacial score (nSPS) is 22.0. The zero-order valence-electron chi connectivity index (χ0n) is 11.4. The van der Waals surface area contributed by atoms with Gasteiger partial charge in [0.25, 0.3) is 10.0 Å². The topological polar surface area (TPSA) is 79.5 Å². The van der Waals surface area contributed by atoms with Crippen LogP contribution in [-0.2, 0) is 10.0 Å². The van der Waals surface area contributed by atoms with Crippen LogP contribution < -0.4 is 5.73 Å². The average Bonchev–Trinajstić information content (AvgIpc) is 3.24. The molecule has 2 heterocycles. The summed E-state index contributed by atoms with van der Waals surface area (Å²) in [7, 11) is -3.56. The molecule has 1 saturated carbocycles. The summed E-state index contributed by atoms with van der Waals surface area (Å²) in [6, 6.07) is 3.21. The van der Waals surface area contributed by atoms with Gasteiger partial charge >= 0.3 is 0 Å². The second-order valence-corrected chi connectivity index (χ2v) is 7.40. The summed E-state index contributed by atoms with van der Waals surface area (Å²) in [5, 5.41) is -0.0179. The Labute approximate surface area is 119 Å². The third-order valence-electron chi connectivity index (χ3n) is 3.93. The lowest BCUT2D eigenvalue weighted by molar-refractivity contribution is 0.182. The standard InChI is InChI=1S/C13H20N4O2S/c14-12-2-1-5-15-13(12)20(18,19)17-8-6-16(7-9-17)10-11-3-4-11/h1-2,5,11H,3-4,6-10,14H2. The highest BCUT2D eigenvalue weighted by molar-refractivity contribution is 7.89. The van der Waals surface area contributed by atoms with E-state index in [2.05, 4.69) is 9.88 Å². The fourth-order valence-electron chi connectivity index (χ4n) is 2.56. The Kier molecular flexibility index (Phi) is 3.66. The zero-order chi connectivity index (χ0) is 14.2. The molecule has 3 rings (SSSR count). The molecule has 0 aromatic carbocycles. The fourth-order valence-corrected chi connectivity index (χ4v) is 4.01. The summed E-state index contributed by atoms with van der Waals surface area (Å²) in [6.45, 7) is 3.74. The maximum Gasteiger partial charge on any atom is 0.262 e. The molecule has 1 aromatic heterocycles. The first-order valence-electron chi connectivity index (χ1n) is 7.00. The molecule has 6 nitrogen and oxygen atoms in total. The molecule has 1 aromatic rings. The van der Waals surface area contributed by atoms with Crippen LogP contribution in [0.3, 0.4) is 0 Å². The van der Waals surface area contributed by atoms with Gasteiger partial charge in [-0.2, -0.15) is 4.31 Å². The second-order valence-electron chi connectivity index (χ2n) is 5.55. The summed E-state index contributed by atoms with van der Waals surface area (Å²) in [5.41, 5.74) is 5.95. The average molecular weight is 296 g/mol. The zero-order valence-corrected chi connectivity index (χ0v) is 12.2. The molecule has 1 saturated heterocycles. The monoisotopic (exact) mass is 296 g/mol. The van der Waals surface area contributed by atoms with Crippen molar-refractivity contribution in [2.75, 3.05) is 38.5 Å². The van der Waals surface area contributed by atoms with E-state index >= 15 is 0 Å². The number of hydrogen-bond acceptors (Lipinski definition) is 5. The highest BCUT2D eigenvalue weighted by Gasteiger charge is 2.32. The predicted molar refractivity (Wildman–Crippen MR) is 76.6 cm³/mol. The van der Waals surface area contributed by atoms with Crippen LogP contribution in [0, 0.1) is 5.92 Å². The van der Waals surface area contributed by atoms with E-state index < -0.39 is 10.0 Å². The highest BCUT2D eigenvalue weighted by Crippen LogP contribution is 2.30. The molecule has 0 spiro atoms. The molecule has 0 unspecified atom stereocenters. The molecule has 0 radical (unpaired) electrons. The Morgan fingerprint density at radius 2 is 1.95 bits per heavy atom. The third-order valence-corrected chi connectivity index (χ3v) is 5.80. The number of piperazine rings is 1. The van der Waals surface area contributed by atoms with Crippen molar-refractivity contribution in [1.82, 2.24) is 14.2 Å². The van der Waals surface area contributed by atoms with Crippen LogP contribution in [0.2, 0.25) is 0 Å². The highest BCUT2D eigenvalue weighted by atomic mass is 32.2. The van der Waals surface area contributed by atoms with Crippen molar-refractivity contribution in [2.45, 2.75) is 17.9 Å².